The summed E-state index contributed by atoms with van der Waals surface area (Å²) in [5, 5.41) is 0.473. The molecule has 1 aliphatic rings. The van der Waals surface area contributed by atoms with Crippen molar-refractivity contribution in [2.75, 3.05) is 32.8 Å². The zero-order valence-electron chi connectivity index (χ0n) is 19.6. The number of nitrogens with one attached hydrogen (secondary N) is 1. The highest BCUT2D eigenvalue weighted by Gasteiger charge is 2.26. The number of H-pyrrole nitrogens is 1. The van der Waals surface area contributed by atoms with Gasteiger partial charge >= 0.3 is 5.97 Å². The van der Waals surface area contributed by atoms with E-state index in [1.54, 1.807) is 13.8 Å². The van der Waals surface area contributed by atoms with Crippen molar-refractivity contribution in [2.24, 2.45) is 0 Å². The number of fused-ring (bicyclic) bond motifs is 2. The summed E-state index contributed by atoms with van der Waals surface area (Å²) < 4.78 is 7.18. The summed E-state index contributed by atoms with van der Waals surface area (Å²) in [6.07, 6.45) is 4.10. The summed E-state index contributed by atoms with van der Waals surface area (Å²) in [7, 11) is 0. The van der Waals surface area contributed by atoms with E-state index in [2.05, 4.69) is 27.9 Å². The van der Waals surface area contributed by atoms with Crippen LogP contribution < -0.4 is 5.56 Å². The standard InChI is InChI=1S/C24H28N6O3S/c1-4-33-24(32)20-15(2)19-22(31)26-21(27-23(19)34-20)16(3)29-11-9-28(10-12-29)13-17-14-30-8-6-5-7-18(30)25-17/h5-8,14,16H,4,9-13H2,1-3H3,(H,26,27,31). The maximum absolute atomic E-state index is 12.9. The van der Waals surface area contributed by atoms with Crippen molar-refractivity contribution in [3.8, 4) is 0 Å². The van der Waals surface area contributed by atoms with Gasteiger partial charge in [-0.25, -0.2) is 14.8 Å². The minimum atomic E-state index is -0.404. The van der Waals surface area contributed by atoms with Crippen LogP contribution in [0, 0.1) is 6.92 Å². The van der Waals surface area contributed by atoms with Crippen LogP contribution in [-0.4, -0.2) is 67.9 Å². The molecule has 4 aromatic heterocycles. The molecular formula is C24H28N6O3S. The number of imidazole rings is 1. The molecule has 1 saturated heterocycles. The van der Waals surface area contributed by atoms with E-state index < -0.39 is 5.97 Å². The number of carbonyl (C=O) groups excluding carboxylic acids is 1. The predicted octanol–water partition coefficient (Wildman–Crippen LogP) is 3.00. The van der Waals surface area contributed by atoms with Crippen molar-refractivity contribution in [3.63, 3.8) is 0 Å². The normalized spacial score (nSPS) is 16.3. The van der Waals surface area contributed by atoms with E-state index in [1.807, 2.05) is 28.8 Å². The number of aromatic nitrogens is 4. The molecule has 0 amide bonds. The summed E-state index contributed by atoms with van der Waals surface area (Å²) in [6, 6.07) is 5.97. The highest BCUT2D eigenvalue weighted by atomic mass is 32.1. The van der Waals surface area contributed by atoms with Gasteiger partial charge in [0.05, 0.1) is 23.7 Å². The third-order valence-electron chi connectivity index (χ3n) is 6.43. The largest absolute Gasteiger partial charge is 0.462 e. The fourth-order valence-electron chi connectivity index (χ4n) is 4.52. The van der Waals surface area contributed by atoms with Gasteiger partial charge in [0, 0.05) is 45.1 Å². The number of hydrogen-bond acceptors (Lipinski definition) is 8. The number of piperazine rings is 1. The number of carbonyl (C=O) groups is 1. The fraction of sp³-hybridized carbons (Fsp3) is 0.417. The number of pyridine rings is 1. The Bertz CT molecular complexity index is 1370. The van der Waals surface area contributed by atoms with Gasteiger partial charge in [-0.2, -0.15) is 0 Å². The third kappa shape index (κ3) is 4.24. The number of aromatic amines is 1. The molecule has 0 aromatic carbocycles. The van der Waals surface area contributed by atoms with Crippen molar-refractivity contribution in [3.05, 3.63) is 62.9 Å². The van der Waals surface area contributed by atoms with E-state index in [0.29, 0.717) is 33.1 Å². The van der Waals surface area contributed by atoms with Gasteiger partial charge in [-0.05, 0) is 38.5 Å². The highest BCUT2D eigenvalue weighted by molar-refractivity contribution is 7.20. The Kier molecular flexibility index (Phi) is 6.20. The Morgan fingerprint density at radius 2 is 2.03 bits per heavy atom. The maximum atomic E-state index is 12.9. The van der Waals surface area contributed by atoms with Gasteiger partial charge in [0.1, 0.15) is 21.2 Å². The van der Waals surface area contributed by atoms with Crippen LogP contribution in [0.2, 0.25) is 0 Å². The van der Waals surface area contributed by atoms with Crippen LogP contribution in [0.15, 0.2) is 35.4 Å². The Hall–Kier alpha value is -3.08. The smallest absolute Gasteiger partial charge is 0.348 e. The molecule has 0 radical (unpaired) electrons. The Morgan fingerprint density at radius 3 is 2.76 bits per heavy atom. The third-order valence-corrected chi connectivity index (χ3v) is 7.60. The van der Waals surface area contributed by atoms with Crippen LogP contribution in [0.5, 0.6) is 0 Å². The highest BCUT2D eigenvalue weighted by Crippen LogP contribution is 2.29. The lowest BCUT2D eigenvalue weighted by Crippen LogP contribution is -2.47. The van der Waals surface area contributed by atoms with E-state index in [1.165, 1.54) is 11.3 Å². The van der Waals surface area contributed by atoms with Crippen molar-refractivity contribution in [1.29, 1.82) is 0 Å². The molecule has 10 heteroatoms. The Labute approximate surface area is 201 Å². The number of rotatable bonds is 6. The molecule has 0 spiro atoms. The van der Waals surface area contributed by atoms with Crippen molar-refractivity contribution in [2.45, 2.75) is 33.4 Å². The van der Waals surface area contributed by atoms with Crippen molar-refractivity contribution in [1.82, 2.24) is 29.2 Å². The molecule has 1 aliphatic heterocycles. The van der Waals surface area contributed by atoms with Crippen LogP contribution in [0.3, 0.4) is 0 Å². The first-order chi connectivity index (χ1) is 16.4. The monoisotopic (exact) mass is 480 g/mol. The van der Waals surface area contributed by atoms with E-state index >= 15 is 0 Å². The molecule has 34 heavy (non-hydrogen) atoms. The fourth-order valence-corrected chi connectivity index (χ4v) is 5.61. The lowest BCUT2D eigenvalue weighted by molar-refractivity contribution is 0.0531. The van der Waals surface area contributed by atoms with Gasteiger partial charge in [0.15, 0.2) is 0 Å². The first kappa shape index (κ1) is 22.7. The molecule has 0 saturated carbocycles. The molecule has 4 aromatic rings. The summed E-state index contributed by atoms with van der Waals surface area (Å²) in [5.41, 5.74) is 2.45. The molecule has 5 heterocycles. The van der Waals surface area contributed by atoms with Gasteiger partial charge in [-0.1, -0.05) is 6.07 Å². The maximum Gasteiger partial charge on any atom is 0.348 e. The lowest BCUT2D eigenvalue weighted by atomic mass is 10.2. The summed E-state index contributed by atoms with van der Waals surface area (Å²) in [4.78, 5) is 43.3. The first-order valence-corrected chi connectivity index (χ1v) is 12.4. The lowest BCUT2D eigenvalue weighted by Gasteiger charge is -2.37. The van der Waals surface area contributed by atoms with E-state index in [4.69, 9.17) is 14.7 Å². The number of esters is 1. The molecule has 0 bridgehead atoms. The number of aryl methyl sites for hydroxylation is 1. The summed E-state index contributed by atoms with van der Waals surface area (Å²) in [6.45, 7) is 10.3. The minimum absolute atomic E-state index is 0.0390. The SMILES string of the molecule is CCOC(=O)c1sc2nc(C(C)N3CCN(Cc4cn5ccccc5n4)CC3)[nH]c(=O)c2c1C. The first-order valence-electron chi connectivity index (χ1n) is 11.5. The van der Waals surface area contributed by atoms with E-state index in [0.717, 1.165) is 44.1 Å². The van der Waals surface area contributed by atoms with Crippen molar-refractivity contribution < 1.29 is 9.53 Å². The predicted molar refractivity (Wildman–Crippen MR) is 131 cm³/mol. The Balaban J connectivity index is 1.28. The van der Waals surface area contributed by atoms with Crippen LogP contribution in [0.4, 0.5) is 0 Å². The van der Waals surface area contributed by atoms with E-state index in [9.17, 15) is 9.59 Å². The van der Waals surface area contributed by atoms with Crippen LogP contribution >= 0.6 is 11.3 Å². The molecule has 1 N–H and O–H groups in total. The molecular weight excluding hydrogens is 452 g/mol. The molecule has 1 unspecified atom stereocenters. The van der Waals surface area contributed by atoms with Crippen molar-refractivity contribution >= 4 is 33.2 Å². The zero-order valence-corrected chi connectivity index (χ0v) is 20.4. The van der Waals surface area contributed by atoms with E-state index in [-0.39, 0.29) is 11.6 Å². The molecule has 0 aliphatic carbocycles. The Morgan fingerprint density at radius 1 is 1.24 bits per heavy atom. The summed E-state index contributed by atoms with van der Waals surface area (Å²) in [5.74, 6) is 0.224. The average molecular weight is 481 g/mol. The number of ether oxygens (including phenoxy) is 1. The van der Waals surface area contributed by atoms with Gasteiger partial charge in [0.2, 0.25) is 0 Å². The molecule has 5 rings (SSSR count). The average Bonchev–Trinajstić information content (AvgIpc) is 3.39. The number of thiophene rings is 1. The second-order valence-electron chi connectivity index (χ2n) is 8.59. The minimum Gasteiger partial charge on any atom is -0.462 e. The molecule has 1 fully saturated rings. The van der Waals surface area contributed by atoms with Gasteiger partial charge < -0.3 is 14.1 Å². The van der Waals surface area contributed by atoms with Gasteiger partial charge in [0.25, 0.3) is 5.56 Å². The second kappa shape index (κ2) is 9.28. The van der Waals surface area contributed by atoms with Gasteiger partial charge in [-0.15, -0.1) is 11.3 Å². The number of nitrogens with zero attached hydrogens (tertiary/aromatic N) is 5. The topological polar surface area (TPSA) is 95.8 Å². The molecule has 1 atom stereocenters. The zero-order chi connectivity index (χ0) is 23.8. The number of hydrogen-bond donors (Lipinski definition) is 1. The van der Waals surface area contributed by atoms with Crippen LogP contribution in [-0.2, 0) is 11.3 Å². The summed E-state index contributed by atoms with van der Waals surface area (Å²) >= 11 is 1.23. The van der Waals surface area contributed by atoms with Crippen LogP contribution in [0.1, 0.15) is 46.6 Å². The molecule has 9 nitrogen and oxygen atoms in total. The van der Waals surface area contributed by atoms with Crippen LogP contribution in [0.25, 0.3) is 15.9 Å². The second-order valence-corrected chi connectivity index (χ2v) is 9.59. The van der Waals surface area contributed by atoms with Gasteiger partial charge in [-0.3, -0.25) is 14.6 Å². The quantitative estimate of drug-likeness (QED) is 0.424. The molecule has 178 valence electrons.